The Morgan fingerprint density at radius 3 is 2.42 bits per heavy atom. The molecular formula is C18H20BrNO4S2. The van der Waals surface area contributed by atoms with Gasteiger partial charge in [0.15, 0.2) is 0 Å². The van der Waals surface area contributed by atoms with E-state index in [1.54, 1.807) is 12.1 Å². The second-order valence-electron chi connectivity index (χ2n) is 5.50. The molecule has 0 aliphatic rings. The zero-order valence-corrected chi connectivity index (χ0v) is 17.4. The van der Waals surface area contributed by atoms with Gasteiger partial charge < -0.3 is 4.74 Å². The monoisotopic (exact) mass is 457 g/mol. The lowest BCUT2D eigenvalue weighted by molar-refractivity contribution is -0.147. The molecule has 0 saturated carbocycles. The van der Waals surface area contributed by atoms with Gasteiger partial charge in [0.25, 0.3) is 0 Å². The maximum absolute atomic E-state index is 12.6. The Kier molecular flexibility index (Phi) is 8.15. The zero-order chi connectivity index (χ0) is 19.0. The van der Waals surface area contributed by atoms with Crippen molar-refractivity contribution in [1.82, 2.24) is 4.72 Å². The fourth-order valence-corrected chi connectivity index (χ4v) is 4.11. The predicted molar refractivity (Wildman–Crippen MR) is 107 cm³/mol. The van der Waals surface area contributed by atoms with Crippen molar-refractivity contribution in [2.75, 3.05) is 12.0 Å². The van der Waals surface area contributed by atoms with Crippen LogP contribution in [-0.2, 0) is 26.2 Å². The van der Waals surface area contributed by atoms with Crippen LogP contribution >= 0.6 is 27.7 Å². The SMILES string of the molecule is CSCC[C@H](NS(=O)(=O)c1ccc(Br)cc1)C(=O)OCc1ccccc1. The minimum atomic E-state index is -3.82. The highest BCUT2D eigenvalue weighted by atomic mass is 79.9. The van der Waals surface area contributed by atoms with Gasteiger partial charge in [-0.3, -0.25) is 4.79 Å². The molecule has 2 rings (SSSR count). The normalized spacial score (nSPS) is 12.5. The molecule has 1 N–H and O–H groups in total. The standard InChI is InChI=1S/C18H20BrNO4S2/c1-25-12-11-17(18(21)24-13-14-5-3-2-4-6-14)20-26(22,23)16-9-7-15(19)8-10-16/h2-10,17,20H,11-13H2,1H3/t17-/m0/s1. The van der Waals surface area contributed by atoms with Gasteiger partial charge in [0.05, 0.1) is 4.90 Å². The van der Waals surface area contributed by atoms with Gasteiger partial charge >= 0.3 is 5.97 Å². The molecule has 2 aromatic rings. The lowest BCUT2D eigenvalue weighted by Crippen LogP contribution is -2.42. The van der Waals surface area contributed by atoms with E-state index in [0.29, 0.717) is 12.2 Å². The van der Waals surface area contributed by atoms with Crippen molar-refractivity contribution < 1.29 is 17.9 Å². The van der Waals surface area contributed by atoms with E-state index in [4.69, 9.17) is 4.74 Å². The molecular weight excluding hydrogens is 438 g/mol. The zero-order valence-electron chi connectivity index (χ0n) is 14.2. The van der Waals surface area contributed by atoms with Crippen molar-refractivity contribution in [2.45, 2.75) is 24.0 Å². The van der Waals surface area contributed by atoms with Gasteiger partial charge in [-0.2, -0.15) is 16.5 Å². The van der Waals surface area contributed by atoms with Crippen LogP contribution in [0, 0.1) is 0 Å². The highest BCUT2D eigenvalue weighted by molar-refractivity contribution is 9.10. The van der Waals surface area contributed by atoms with Crippen molar-refractivity contribution >= 4 is 43.7 Å². The number of hydrogen-bond acceptors (Lipinski definition) is 5. The van der Waals surface area contributed by atoms with E-state index in [2.05, 4.69) is 20.7 Å². The number of thioether (sulfide) groups is 1. The summed E-state index contributed by atoms with van der Waals surface area (Å²) in [5.74, 6) is 0.0529. The molecule has 0 aromatic heterocycles. The number of esters is 1. The van der Waals surface area contributed by atoms with Gasteiger partial charge in [-0.25, -0.2) is 8.42 Å². The second kappa shape index (κ2) is 10.1. The van der Waals surface area contributed by atoms with Crippen LogP contribution in [0.25, 0.3) is 0 Å². The van der Waals surface area contributed by atoms with Gasteiger partial charge in [0, 0.05) is 4.47 Å². The summed E-state index contributed by atoms with van der Waals surface area (Å²) in [7, 11) is -3.82. The topological polar surface area (TPSA) is 72.5 Å². The largest absolute Gasteiger partial charge is 0.460 e. The van der Waals surface area contributed by atoms with E-state index >= 15 is 0 Å². The number of halogens is 1. The van der Waals surface area contributed by atoms with Gasteiger partial charge in [-0.05, 0) is 48.3 Å². The average Bonchev–Trinajstić information content (AvgIpc) is 2.64. The molecule has 0 saturated heterocycles. The van der Waals surface area contributed by atoms with Crippen molar-refractivity contribution in [3.05, 3.63) is 64.6 Å². The van der Waals surface area contributed by atoms with E-state index in [1.165, 1.54) is 23.9 Å². The summed E-state index contributed by atoms with van der Waals surface area (Å²) in [4.78, 5) is 12.5. The highest BCUT2D eigenvalue weighted by Crippen LogP contribution is 2.16. The molecule has 0 aliphatic heterocycles. The predicted octanol–water partition coefficient (Wildman–Crippen LogP) is 3.59. The van der Waals surface area contributed by atoms with E-state index < -0.39 is 22.0 Å². The first-order valence-electron chi connectivity index (χ1n) is 7.90. The van der Waals surface area contributed by atoms with Gasteiger partial charge in [-0.15, -0.1) is 0 Å². The Bertz CT molecular complexity index is 811. The molecule has 0 radical (unpaired) electrons. The lowest BCUT2D eigenvalue weighted by atomic mass is 10.2. The Morgan fingerprint density at radius 2 is 1.81 bits per heavy atom. The highest BCUT2D eigenvalue weighted by Gasteiger charge is 2.26. The molecule has 140 valence electrons. The summed E-state index contributed by atoms with van der Waals surface area (Å²) in [6.45, 7) is 0.107. The minimum Gasteiger partial charge on any atom is -0.460 e. The molecule has 0 spiro atoms. The van der Waals surface area contributed by atoms with E-state index in [9.17, 15) is 13.2 Å². The second-order valence-corrected chi connectivity index (χ2v) is 9.12. The average molecular weight is 458 g/mol. The summed E-state index contributed by atoms with van der Waals surface area (Å²) in [6, 6.07) is 14.6. The number of hydrogen-bond donors (Lipinski definition) is 1. The first-order chi connectivity index (χ1) is 12.4. The van der Waals surface area contributed by atoms with E-state index in [-0.39, 0.29) is 11.5 Å². The first-order valence-corrected chi connectivity index (χ1v) is 11.6. The number of carbonyl (C=O) groups is 1. The molecule has 0 heterocycles. The summed E-state index contributed by atoms with van der Waals surface area (Å²) in [6.07, 6.45) is 2.25. The van der Waals surface area contributed by atoms with Gasteiger partial charge in [0.1, 0.15) is 12.6 Å². The van der Waals surface area contributed by atoms with Crippen LogP contribution in [0.2, 0.25) is 0 Å². The summed E-state index contributed by atoms with van der Waals surface area (Å²) < 4.78 is 33.7. The maximum atomic E-state index is 12.6. The van der Waals surface area contributed by atoms with Gasteiger partial charge in [-0.1, -0.05) is 46.3 Å². The third kappa shape index (κ3) is 6.42. The van der Waals surface area contributed by atoms with Crippen molar-refractivity contribution in [3.63, 3.8) is 0 Å². The molecule has 0 bridgehead atoms. The molecule has 0 amide bonds. The summed E-state index contributed by atoms with van der Waals surface area (Å²) in [5.41, 5.74) is 0.847. The molecule has 5 nitrogen and oxygen atoms in total. The van der Waals surface area contributed by atoms with Crippen LogP contribution in [0.3, 0.4) is 0 Å². The molecule has 0 unspecified atom stereocenters. The summed E-state index contributed by atoms with van der Waals surface area (Å²) in [5, 5.41) is 0. The third-order valence-electron chi connectivity index (χ3n) is 3.54. The number of nitrogens with one attached hydrogen (secondary N) is 1. The van der Waals surface area contributed by atoms with Crippen molar-refractivity contribution in [2.24, 2.45) is 0 Å². The van der Waals surface area contributed by atoms with Crippen LogP contribution in [0.15, 0.2) is 64.0 Å². The molecule has 0 aliphatic carbocycles. The van der Waals surface area contributed by atoms with Crippen LogP contribution < -0.4 is 4.72 Å². The molecule has 2 aromatic carbocycles. The Labute approximate surface area is 166 Å². The Hall–Kier alpha value is -1.35. The maximum Gasteiger partial charge on any atom is 0.324 e. The fourth-order valence-electron chi connectivity index (χ4n) is 2.16. The molecule has 26 heavy (non-hydrogen) atoms. The smallest absolute Gasteiger partial charge is 0.324 e. The van der Waals surface area contributed by atoms with Crippen LogP contribution in [0.4, 0.5) is 0 Å². The third-order valence-corrected chi connectivity index (χ3v) is 6.20. The number of carbonyl (C=O) groups excluding carboxylic acids is 1. The molecule has 0 fully saturated rings. The van der Waals surface area contributed by atoms with Gasteiger partial charge in [0.2, 0.25) is 10.0 Å². The minimum absolute atomic E-state index is 0.103. The lowest BCUT2D eigenvalue weighted by Gasteiger charge is -2.17. The van der Waals surface area contributed by atoms with Crippen molar-refractivity contribution in [3.8, 4) is 0 Å². The van der Waals surface area contributed by atoms with Crippen molar-refractivity contribution in [1.29, 1.82) is 0 Å². The number of rotatable bonds is 9. The first kappa shape index (κ1) is 21.0. The Balaban J connectivity index is 2.07. The molecule has 8 heteroatoms. The number of sulfonamides is 1. The number of ether oxygens (including phenoxy) is 1. The van der Waals surface area contributed by atoms with E-state index in [0.717, 1.165) is 10.0 Å². The van der Waals surface area contributed by atoms with Crippen LogP contribution in [0.5, 0.6) is 0 Å². The fraction of sp³-hybridized carbons (Fsp3) is 0.278. The quantitative estimate of drug-likeness (QED) is 0.582. The molecule has 1 atom stereocenters. The number of benzene rings is 2. The van der Waals surface area contributed by atoms with Crippen LogP contribution in [0.1, 0.15) is 12.0 Å². The summed E-state index contributed by atoms with van der Waals surface area (Å²) >= 11 is 4.81. The van der Waals surface area contributed by atoms with E-state index in [1.807, 2.05) is 36.6 Å². The Morgan fingerprint density at radius 1 is 1.15 bits per heavy atom. The van der Waals surface area contributed by atoms with Crippen LogP contribution in [-0.4, -0.2) is 32.4 Å².